The first kappa shape index (κ1) is 20.8. The minimum atomic E-state index is -2.74. The maximum absolute atomic E-state index is 15.6. The number of aromatic nitrogens is 4. The lowest BCUT2D eigenvalue weighted by molar-refractivity contribution is 0.00193. The summed E-state index contributed by atoms with van der Waals surface area (Å²) in [5.41, 5.74) is -0.238. The summed E-state index contributed by atoms with van der Waals surface area (Å²) in [6.07, 6.45) is 4.59. The molecule has 2 N–H and O–H groups in total. The first-order valence-corrected chi connectivity index (χ1v) is 11.8. The van der Waals surface area contributed by atoms with Crippen LogP contribution in [0.2, 0.25) is 0 Å². The van der Waals surface area contributed by atoms with Gasteiger partial charge in [-0.25, -0.2) is 18.7 Å². The van der Waals surface area contributed by atoms with E-state index in [0.29, 0.717) is 12.2 Å². The molecule has 0 saturated carbocycles. The summed E-state index contributed by atoms with van der Waals surface area (Å²) >= 11 is 0. The number of phenols is 1. The van der Waals surface area contributed by atoms with Crippen molar-refractivity contribution in [3.8, 4) is 34.1 Å². The van der Waals surface area contributed by atoms with Crippen molar-refractivity contribution in [2.24, 2.45) is 0 Å². The normalized spacial score (nSPS) is 29.1. The van der Waals surface area contributed by atoms with Crippen molar-refractivity contribution >= 4 is 5.82 Å². The van der Waals surface area contributed by atoms with E-state index < -0.39 is 30.6 Å². The van der Waals surface area contributed by atoms with E-state index in [1.165, 1.54) is 24.4 Å². The lowest BCUT2D eigenvalue weighted by atomic mass is 9.68. The summed E-state index contributed by atoms with van der Waals surface area (Å²) in [4.78, 5) is 9.78. The number of pyridine rings is 1. The molecule has 2 aliphatic heterocycles. The van der Waals surface area contributed by atoms with Gasteiger partial charge in [-0.2, -0.15) is 0 Å². The highest BCUT2D eigenvalue weighted by Gasteiger charge is 2.53. The highest BCUT2D eigenvalue weighted by Crippen LogP contribution is 2.43. The zero-order valence-corrected chi connectivity index (χ0v) is 20.3. The van der Waals surface area contributed by atoms with Gasteiger partial charge >= 0.3 is 0 Å². The van der Waals surface area contributed by atoms with Crippen LogP contribution in [0.1, 0.15) is 43.6 Å². The molecule has 4 heterocycles. The maximum Gasteiger partial charge on any atom is 0.213 e. The first-order valence-electron chi connectivity index (χ1n) is 13.3. The van der Waals surface area contributed by atoms with E-state index in [1.54, 1.807) is 11.9 Å². The third-order valence-corrected chi connectivity index (χ3v) is 7.51. The number of ether oxygens (including phenoxy) is 1. The van der Waals surface area contributed by atoms with E-state index in [0.717, 1.165) is 31.5 Å². The molecule has 10 heteroatoms. The monoisotopic (exact) mass is 499 g/mol. The Morgan fingerprint density at radius 3 is 2.72 bits per heavy atom. The maximum atomic E-state index is 15.6. The fraction of sp³-hybridized carbons (Fsp3) is 0.462. The van der Waals surface area contributed by atoms with E-state index in [2.05, 4.69) is 32.4 Å². The molecule has 0 amide bonds. The fourth-order valence-corrected chi connectivity index (χ4v) is 5.65. The quantitative estimate of drug-likeness (QED) is 0.537. The number of halogens is 2. The number of nitrogens with one attached hydrogen (secondary N) is 1. The van der Waals surface area contributed by atoms with Crippen LogP contribution in [0.5, 0.6) is 11.6 Å². The molecule has 1 aromatic carbocycles. The number of benzene rings is 1. The second-order valence-corrected chi connectivity index (χ2v) is 10.2. The van der Waals surface area contributed by atoms with Crippen LogP contribution >= 0.6 is 0 Å². The molecule has 8 nitrogen and oxygen atoms in total. The molecule has 0 radical (unpaired) electrons. The fourth-order valence-electron chi connectivity index (χ4n) is 5.65. The molecule has 2 aromatic heterocycles. The molecule has 0 spiro atoms. The van der Waals surface area contributed by atoms with Gasteiger partial charge in [0.15, 0.2) is 11.6 Å². The molecule has 0 unspecified atom stereocenters. The highest BCUT2D eigenvalue weighted by atomic mass is 19.1. The second-order valence-electron chi connectivity index (χ2n) is 10.2. The standard InChI is InChI=1S/C26H30F2N6O2/c1-25-8-5-9-26(2,33-25)23(28)19(12-25)34(3)21-14-30-24(32-31-21)16-7-6-15(10-20(16)35)17-11-22(36-4)29-13-18(17)27/h6-7,10-11,13-14,19,23,33,35H,5,8-9,12H2,1-4H3/t19-,23-,25-,26+/m1/s1/i4D3. The van der Waals surface area contributed by atoms with Crippen molar-refractivity contribution in [2.45, 2.75) is 62.8 Å². The Labute approximate surface area is 213 Å². The zero-order valence-electron chi connectivity index (χ0n) is 23.3. The van der Waals surface area contributed by atoms with Gasteiger partial charge in [-0.1, -0.05) is 6.07 Å². The van der Waals surface area contributed by atoms with Crippen molar-refractivity contribution in [1.82, 2.24) is 25.5 Å². The zero-order chi connectivity index (χ0) is 28.2. The van der Waals surface area contributed by atoms with E-state index in [9.17, 15) is 9.50 Å². The molecule has 190 valence electrons. The number of methoxy groups -OCH3 is 1. The number of piperidine rings is 2. The van der Waals surface area contributed by atoms with Gasteiger partial charge in [0.05, 0.1) is 35.1 Å². The third kappa shape index (κ3) is 4.23. The minimum Gasteiger partial charge on any atom is -0.507 e. The molecule has 4 atom stereocenters. The Bertz CT molecular complexity index is 1380. The van der Waals surface area contributed by atoms with Crippen molar-refractivity contribution in [3.05, 3.63) is 42.5 Å². The van der Waals surface area contributed by atoms with Crippen molar-refractivity contribution < 1.29 is 22.7 Å². The van der Waals surface area contributed by atoms with Crippen LogP contribution < -0.4 is 15.0 Å². The molecule has 2 saturated heterocycles. The number of rotatable bonds is 5. The Morgan fingerprint density at radius 2 is 2.00 bits per heavy atom. The molecule has 3 aromatic rings. The SMILES string of the molecule is [2H]C([2H])([2H])Oc1cc(-c2ccc(-c3ncc(N(C)[C@@H]4C[C@@]5(C)CCC[C@](C)(N5)[C@@H]4F)nn3)c(O)c2)c(F)cn1. The van der Waals surface area contributed by atoms with Crippen LogP contribution in [-0.4, -0.2) is 62.6 Å². The van der Waals surface area contributed by atoms with Gasteiger partial charge in [-0.05, 0) is 57.2 Å². The number of anilines is 1. The van der Waals surface area contributed by atoms with Gasteiger partial charge in [0.2, 0.25) is 5.88 Å². The number of phenolic OH excluding ortho intramolecular Hbond substituents is 1. The van der Waals surface area contributed by atoms with Crippen LogP contribution in [0.15, 0.2) is 36.7 Å². The number of hydrogen-bond donors (Lipinski definition) is 2. The molecule has 2 aliphatic rings. The van der Waals surface area contributed by atoms with Crippen LogP contribution in [-0.2, 0) is 0 Å². The third-order valence-electron chi connectivity index (χ3n) is 7.51. The highest BCUT2D eigenvalue weighted by molar-refractivity contribution is 5.73. The predicted octanol–water partition coefficient (Wildman–Crippen LogP) is 4.29. The van der Waals surface area contributed by atoms with Crippen LogP contribution in [0.3, 0.4) is 0 Å². The van der Waals surface area contributed by atoms with Crippen molar-refractivity contribution in [2.75, 3.05) is 19.0 Å². The second kappa shape index (κ2) is 8.92. The van der Waals surface area contributed by atoms with Gasteiger partial charge in [0, 0.05) is 29.8 Å². The average molecular weight is 500 g/mol. The van der Waals surface area contributed by atoms with Crippen molar-refractivity contribution in [3.63, 3.8) is 0 Å². The number of nitrogens with zero attached hydrogens (tertiary/aromatic N) is 5. The Kier molecular flexibility index (Phi) is 5.14. The van der Waals surface area contributed by atoms with Gasteiger partial charge in [0.25, 0.3) is 0 Å². The van der Waals surface area contributed by atoms with Gasteiger partial charge in [-0.3, -0.25) is 0 Å². The van der Waals surface area contributed by atoms with Crippen LogP contribution in [0.4, 0.5) is 14.6 Å². The molecule has 0 aliphatic carbocycles. The summed E-state index contributed by atoms with van der Waals surface area (Å²) in [6.45, 7) is 4.07. The summed E-state index contributed by atoms with van der Waals surface area (Å²) in [5.74, 6) is -0.689. The smallest absolute Gasteiger partial charge is 0.213 e. The summed E-state index contributed by atoms with van der Waals surface area (Å²) < 4.78 is 56.5. The van der Waals surface area contributed by atoms with E-state index >= 15 is 4.39 Å². The number of fused-ring (bicyclic) bond motifs is 2. The largest absolute Gasteiger partial charge is 0.507 e. The van der Waals surface area contributed by atoms with Gasteiger partial charge in [0.1, 0.15) is 17.7 Å². The van der Waals surface area contributed by atoms with Crippen molar-refractivity contribution in [1.29, 1.82) is 0 Å². The molecule has 36 heavy (non-hydrogen) atoms. The van der Waals surface area contributed by atoms with E-state index in [1.807, 2.05) is 6.92 Å². The molecular formula is C26H30F2N6O2. The lowest BCUT2D eigenvalue weighted by Gasteiger charge is -2.56. The predicted molar refractivity (Wildman–Crippen MR) is 132 cm³/mol. The average Bonchev–Trinajstić information content (AvgIpc) is 2.86. The summed E-state index contributed by atoms with van der Waals surface area (Å²) in [6, 6.07) is 5.08. The Balaban J connectivity index is 1.37. The van der Waals surface area contributed by atoms with Gasteiger partial charge < -0.3 is 20.1 Å². The minimum absolute atomic E-state index is 0.00276. The van der Waals surface area contributed by atoms with E-state index in [4.69, 9.17) is 8.85 Å². The summed E-state index contributed by atoms with van der Waals surface area (Å²) in [5, 5.41) is 22.6. The topological polar surface area (TPSA) is 96.3 Å². The molecule has 5 rings (SSSR count). The number of alkyl halides is 1. The lowest BCUT2D eigenvalue weighted by Crippen LogP contribution is -2.72. The summed E-state index contributed by atoms with van der Waals surface area (Å²) in [7, 11) is -0.956. The van der Waals surface area contributed by atoms with Crippen LogP contribution in [0, 0.1) is 5.82 Å². The number of hydrogen-bond acceptors (Lipinski definition) is 8. The van der Waals surface area contributed by atoms with Gasteiger partial charge in [-0.15, -0.1) is 10.2 Å². The Morgan fingerprint density at radius 1 is 1.17 bits per heavy atom. The first-order chi connectivity index (χ1) is 18.3. The molecule has 2 bridgehead atoms. The van der Waals surface area contributed by atoms with Crippen LogP contribution in [0.25, 0.3) is 22.5 Å². The molecular weight excluding hydrogens is 466 g/mol. The van der Waals surface area contributed by atoms with E-state index in [-0.39, 0.29) is 39.7 Å². The number of aromatic hydroxyl groups is 1. The Hall–Kier alpha value is -3.40. The molecule has 2 fully saturated rings.